The SMILES string of the molecule is O=C(CCCCCO[N+](=O)[O-])OCc1ccc([C@@H](Cn2c(O)c3ccccc3c2O)[C@H](O)Nc2cc3ccncc3s2)cc1. The smallest absolute Gasteiger partial charge is 0.306 e. The second kappa shape index (κ2) is 14.1. The van der Waals surface area contributed by atoms with Crippen molar-refractivity contribution in [1.82, 2.24) is 9.55 Å². The van der Waals surface area contributed by atoms with Crippen LogP contribution in [0.1, 0.15) is 42.7 Å². The zero-order valence-electron chi connectivity index (χ0n) is 23.7. The van der Waals surface area contributed by atoms with Crippen LogP contribution in [0.4, 0.5) is 5.00 Å². The number of aromatic nitrogens is 2. The van der Waals surface area contributed by atoms with Crippen LogP contribution in [0.3, 0.4) is 0 Å². The number of aliphatic hydroxyl groups is 1. The number of carbonyl (C=O) groups excluding carboxylic acids is 1. The van der Waals surface area contributed by atoms with Crippen LogP contribution in [-0.4, -0.2) is 48.8 Å². The molecule has 5 rings (SSSR count). The van der Waals surface area contributed by atoms with Gasteiger partial charge in [0.25, 0.3) is 5.09 Å². The van der Waals surface area contributed by atoms with Crippen LogP contribution in [0.25, 0.3) is 20.9 Å². The minimum atomic E-state index is -1.10. The van der Waals surface area contributed by atoms with Gasteiger partial charge in [0.2, 0.25) is 11.8 Å². The van der Waals surface area contributed by atoms with Crippen LogP contribution in [0.15, 0.2) is 73.1 Å². The van der Waals surface area contributed by atoms with E-state index in [1.807, 2.05) is 24.3 Å². The summed E-state index contributed by atoms with van der Waals surface area (Å²) in [5.41, 5.74) is 1.48. The van der Waals surface area contributed by atoms with E-state index < -0.39 is 17.2 Å². The average molecular weight is 621 g/mol. The fraction of sp³-hybridized carbons (Fsp3) is 0.290. The van der Waals surface area contributed by atoms with Crippen molar-refractivity contribution in [3.8, 4) is 11.8 Å². The van der Waals surface area contributed by atoms with Crippen molar-refractivity contribution >= 4 is 43.2 Å². The first-order valence-corrected chi connectivity index (χ1v) is 14.9. The molecule has 0 aliphatic heterocycles. The largest absolute Gasteiger partial charge is 0.494 e. The lowest BCUT2D eigenvalue weighted by Crippen LogP contribution is -2.30. The first-order valence-electron chi connectivity index (χ1n) is 14.1. The molecule has 13 heteroatoms. The number of pyridine rings is 1. The highest BCUT2D eigenvalue weighted by atomic mass is 32.1. The summed E-state index contributed by atoms with van der Waals surface area (Å²) in [6.07, 6.45) is 4.19. The van der Waals surface area contributed by atoms with Gasteiger partial charge < -0.3 is 30.2 Å². The van der Waals surface area contributed by atoms with E-state index in [1.165, 1.54) is 15.9 Å². The highest BCUT2D eigenvalue weighted by molar-refractivity contribution is 7.22. The molecule has 2 aromatic carbocycles. The van der Waals surface area contributed by atoms with Crippen LogP contribution in [0.2, 0.25) is 0 Å². The lowest BCUT2D eigenvalue weighted by molar-refractivity contribution is -0.757. The average Bonchev–Trinajstić information content (AvgIpc) is 3.54. The summed E-state index contributed by atoms with van der Waals surface area (Å²) in [5, 5.41) is 48.6. The number of anilines is 1. The van der Waals surface area contributed by atoms with Gasteiger partial charge in [0.05, 0.1) is 16.3 Å². The molecule has 2 atom stereocenters. The first kappa shape index (κ1) is 30.6. The van der Waals surface area contributed by atoms with Crippen LogP contribution < -0.4 is 5.32 Å². The molecular weight excluding hydrogens is 588 g/mol. The number of ether oxygens (including phenoxy) is 1. The third kappa shape index (κ3) is 7.36. The highest BCUT2D eigenvalue weighted by Crippen LogP contribution is 2.39. The standard InChI is InChI=1S/C31H32N4O8S/c36-28(8-2-1-5-15-43-35(40)41)42-19-20-9-11-21(12-10-20)25(18-34-30(38)23-6-3-4-7-24(23)31(34)39)29(37)33-27-16-22-13-14-32-17-26(22)44-27/h3-4,6-7,9-14,16-17,25,29,33,37-39H,1-2,5,8,15,18-19H2/t25-,29+/m1/s1. The summed E-state index contributed by atoms with van der Waals surface area (Å²) in [6.45, 7) is 0.130. The number of benzene rings is 2. The van der Waals surface area contributed by atoms with E-state index in [0.717, 1.165) is 26.2 Å². The van der Waals surface area contributed by atoms with Crippen molar-refractivity contribution in [1.29, 1.82) is 0 Å². The van der Waals surface area contributed by atoms with E-state index >= 15 is 0 Å². The number of hydrogen-bond acceptors (Lipinski definition) is 11. The van der Waals surface area contributed by atoms with Crippen molar-refractivity contribution in [2.24, 2.45) is 0 Å². The minimum Gasteiger partial charge on any atom is -0.494 e. The predicted octanol–water partition coefficient (Wildman–Crippen LogP) is 5.69. The molecule has 4 N–H and O–H groups in total. The Labute approximate surface area is 256 Å². The van der Waals surface area contributed by atoms with Crippen LogP contribution in [0, 0.1) is 10.1 Å². The van der Waals surface area contributed by atoms with E-state index in [1.54, 1.807) is 48.8 Å². The topological polar surface area (TPSA) is 169 Å². The molecule has 0 saturated carbocycles. The zero-order chi connectivity index (χ0) is 31.1. The Hall–Kier alpha value is -4.88. The second-order valence-electron chi connectivity index (χ2n) is 10.3. The van der Waals surface area contributed by atoms with Gasteiger partial charge in [-0.2, -0.15) is 0 Å². The van der Waals surface area contributed by atoms with Gasteiger partial charge in [0.15, 0.2) is 0 Å². The van der Waals surface area contributed by atoms with Crippen molar-refractivity contribution in [2.75, 3.05) is 11.9 Å². The molecule has 0 unspecified atom stereocenters. The van der Waals surface area contributed by atoms with Crippen molar-refractivity contribution in [3.05, 3.63) is 94.3 Å². The Morgan fingerprint density at radius 1 is 1.05 bits per heavy atom. The number of nitrogens with one attached hydrogen (secondary N) is 1. The van der Waals surface area contributed by atoms with E-state index in [0.29, 0.717) is 30.0 Å². The molecule has 0 aliphatic rings. The quantitative estimate of drug-likeness (QED) is 0.0375. The molecule has 230 valence electrons. The molecule has 0 fully saturated rings. The molecule has 0 radical (unpaired) electrons. The normalized spacial score (nSPS) is 12.7. The van der Waals surface area contributed by atoms with Gasteiger partial charge in [0, 0.05) is 42.0 Å². The zero-order valence-corrected chi connectivity index (χ0v) is 24.5. The summed E-state index contributed by atoms with van der Waals surface area (Å²) in [6, 6.07) is 18.0. The maximum atomic E-state index is 12.1. The minimum absolute atomic E-state index is 0.00116. The van der Waals surface area contributed by atoms with Crippen LogP contribution >= 0.6 is 11.3 Å². The van der Waals surface area contributed by atoms with Gasteiger partial charge in [-0.15, -0.1) is 21.5 Å². The molecule has 3 aromatic heterocycles. The number of aromatic hydroxyl groups is 2. The molecule has 0 saturated heterocycles. The molecule has 0 amide bonds. The predicted molar refractivity (Wildman–Crippen MR) is 165 cm³/mol. The van der Waals surface area contributed by atoms with Crippen LogP contribution in [-0.2, 0) is 27.5 Å². The van der Waals surface area contributed by atoms with Crippen molar-refractivity contribution < 1.29 is 34.8 Å². The number of rotatable bonds is 15. The molecule has 12 nitrogen and oxygen atoms in total. The number of hydrogen-bond donors (Lipinski definition) is 4. The monoisotopic (exact) mass is 620 g/mol. The summed E-state index contributed by atoms with van der Waals surface area (Å²) in [7, 11) is 0. The van der Waals surface area contributed by atoms with Gasteiger partial charge in [-0.05, 0) is 53.6 Å². The summed E-state index contributed by atoms with van der Waals surface area (Å²) in [4.78, 5) is 30.7. The van der Waals surface area contributed by atoms with Crippen molar-refractivity contribution in [3.63, 3.8) is 0 Å². The summed E-state index contributed by atoms with van der Waals surface area (Å²) < 4.78 is 7.72. The maximum Gasteiger partial charge on any atom is 0.306 e. The third-order valence-corrected chi connectivity index (χ3v) is 8.34. The Morgan fingerprint density at radius 3 is 2.45 bits per heavy atom. The molecule has 5 aromatic rings. The number of aliphatic hydroxyl groups excluding tert-OH is 1. The lowest BCUT2D eigenvalue weighted by Gasteiger charge is -2.26. The highest BCUT2D eigenvalue weighted by Gasteiger charge is 2.26. The van der Waals surface area contributed by atoms with Gasteiger partial charge >= 0.3 is 5.97 Å². The molecule has 0 aliphatic carbocycles. The van der Waals surface area contributed by atoms with E-state index in [9.17, 15) is 30.2 Å². The van der Waals surface area contributed by atoms with E-state index in [-0.39, 0.29) is 43.9 Å². The number of thiophene rings is 1. The Balaban J connectivity index is 1.28. The first-order chi connectivity index (χ1) is 21.3. The fourth-order valence-electron chi connectivity index (χ4n) is 5.01. The number of nitrogens with zero attached hydrogens (tertiary/aromatic N) is 3. The van der Waals surface area contributed by atoms with Gasteiger partial charge in [0.1, 0.15) is 12.8 Å². The maximum absolute atomic E-state index is 12.1. The molecule has 44 heavy (non-hydrogen) atoms. The van der Waals surface area contributed by atoms with Gasteiger partial charge in [-0.3, -0.25) is 14.3 Å². The van der Waals surface area contributed by atoms with Gasteiger partial charge in [-0.25, -0.2) is 0 Å². The molecular formula is C31H32N4O8S. The number of unbranched alkanes of at least 4 members (excludes halogenated alkanes) is 2. The summed E-state index contributed by atoms with van der Waals surface area (Å²) in [5.74, 6) is -1.17. The second-order valence-corrected chi connectivity index (χ2v) is 11.4. The Morgan fingerprint density at radius 2 is 1.77 bits per heavy atom. The van der Waals surface area contributed by atoms with Crippen LogP contribution in [0.5, 0.6) is 11.8 Å². The number of carbonyl (C=O) groups is 1. The number of esters is 1. The Kier molecular flexibility index (Phi) is 9.77. The van der Waals surface area contributed by atoms with Crippen molar-refractivity contribution in [2.45, 2.75) is 51.0 Å². The lowest BCUT2D eigenvalue weighted by atomic mass is 9.96. The third-order valence-electron chi connectivity index (χ3n) is 7.32. The number of fused-ring (bicyclic) bond motifs is 2. The molecule has 3 heterocycles. The van der Waals surface area contributed by atoms with E-state index in [2.05, 4.69) is 15.1 Å². The Bertz CT molecular complexity index is 1660. The van der Waals surface area contributed by atoms with E-state index in [4.69, 9.17) is 4.74 Å². The van der Waals surface area contributed by atoms with Gasteiger partial charge in [-0.1, -0.05) is 42.8 Å². The molecule has 0 bridgehead atoms. The fourth-order valence-corrected chi connectivity index (χ4v) is 5.97. The summed E-state index contributed by atoms with van der Waals surface area (Å²) >= 11 is 1.46. The molecule has 0 spiro atoms.